The molecule has 1 spiro atoms. The number of rotatable bonds is 1. The normalized spacial score (nSPS) is 34.3. The van der Waals surface area contributed by atoms with Crippen LogP contribution in [-0.4, -0.2) is 18.8 Å². The molecule has 2 aliphatic rings. The third-order valence-corrected chi connectivity index (χ3v) is 5.46. The summed E-state index contributed by atoms with van der Waals surface area (Å²) in [6.07, 6.45) is 7.07. The minimum atomic E-state index is 0.114. The van der Waals surface area contributed by atoms with Crippen LogP contribution in [-0.2, 0) is 11.2 Å². The molecular weight excluding hydrogens is 304 g/mol. The van der Waals surface area contributed by atoms with Crippen molar-refractivity contribution in [3.05, 3.63) is 34.1 Å². The standard InChI is InChI=1S/C15H21BrN2O/c1-19-13-5-8-15(9-6-13)7-4-11-2-3-12(16)10-14(11)18(15)17/h2-3,10,13,17-18H,4-9H2,1H3. The lowest BCUT2D eigenvalue weighted by Crippen LogP contribution is -3.11. The second kappa shape index (κ2) is 5.17. The molecule has 0 aromatic heterocycles. The minimum absolute atomic E-state index is 0.114. The first kappa shape index (κ1) is 13.6. The molecule has 4 heteroatoms. The molecule has 1 unspecified atom stereocenters. The molecule has 0 saturated heterocycles. The van der Waals surface area contributed by atoms with Crippen LogP contribution >= 0.6 is 15.9 Å². The fraction of sp³-hybridized carbons (Fsp3) is 0.600. The van der Waals surface area contributed by atoms with Crippen molar-refractivity contribution in [1.82, 2.24) is 0 Å². The third-order valence-electron chi connectivity index (χ3n) is 4.97. The second-order valence-corrected chi connectivity index (χ2v) is 6.81. The van der Waals surface area contributed by atoms with Gasteiger partial charge in [0.05, 0.1) is 11.6 Å². The number of halogens is 1. The van der Waals surface area contributed by atoms with Gasteiger partial charge in [-0.2, -0.15) is 0 Å². The molecule has 1 atom stereocenters. The first-order valence-electron chi connectivity index (χ1n) is 7.05. The van der Waals surface area contributed by atoms with Crippen LogP contribution < -0.4 is 5.01 Å². The quantitative estimate of drug-likeness (QED) is 0.846. The van der Waals surface area contributed by atoms with Gasteiger partial charge in [-0.3, -0.25) is 0 Å². The Morgan fingerprint density at radius 3 is 2.74 bits per heavy atom. The van der Waals surface area contributed by atoms with E-state index in [0.29, 0.717) is 6.10 Å². The highest BCUT2D eigenvalue weighted by Crippen LogP contribution is 2.36. The van der Waals surface area contributed by atoms with Crippen LogP contribution in [0, 0.1) is 0 Å². The zero-order chi connectivity index (χ0) is 13.5. The Bertz CT molecular complexity index is 469. The molecule has 2 N–H and O–H groups in total. The highest BCUT2D eigenvalue weighted by atomic mass is 79.9. The number of ether oxygens (including phenoxy) is 1. The molecule has 3 nitrogen and oxygen atoms in total. The van der Waals surface area contributed by atoms with Crippen LogP contribution in [0.4, 0.5) is 5.69 Å². The smallest absolute Gasteiger partial charge is 0.126 e. The van der Waals surface area contributed by atoms with Gasteiger partial charge in [-0.05, 0) is 25.3 Å². The number of hydrogen-bond donors (Lipinski definition) is 1. The van der Waals surface area contributed by atoms with E-state index in [-0.39, 0.29) is 5.54 Å². The van der Waals surface area contributed by atoms with Gasteiger partial charge in [0.2, 0.25) is 0 Å². The maximum absolute atomic E-state index is 8.67. The molecule has 0 radical (unpaired) electrons. The topological polar surface area (TPSA) is 37.5 Å². The van der Waals surface area contributed by atoms with Gasteiger partial charge in [0.15, 0.2) is 0 Å². The van der Waals surface area contributed by atoms with E-state index in [4.69, 9.17) is 10.6 Å². The monoisotopic (exact) mass is 324 g/mol. The molecule has 104 valence electrons. The Balaban J connectivity index is 1.87. The summed E-state index contributed by atoms with van der Waals surface area (Å²) in [5.41, 5.74) is 2.62. The highest BCUT2D eigenvalue weighted by Gasteiger charge is 2.44. The fourth-order valence-corrected chi connectivity index (χ4v) is 4.02. The van der Waals surface area contributed by atoms with Crippen LogP contribution in [0.25, 0.3) is 5.84 Å². The van der Waals surface area contributed by atoms with Crippen molar-refractivity contribution in [3.8, 4) is 0 Å². The number of quaternary nitrogens is 1. The SMILES string of the molecule is COC1CCC2(CCc3ccc(Br)cc3[NH+]2[NH-])CC1. The van der Waals surface area contributed by atoms with Crippen molar-refractivity contribution in [1.29, 1.82) is 0 Å². The Morgan fingerprint density at radius 1 is 1.32 bits per heavy atom. The molecule has 1 aromatic rings. The van der Waals surface area contributed by atoms with Crippen LogP contribution in [0.15, 0.2) is 22.7 Å². The van der Waals surface area contributed by atoms with E-state index in [9.17, 15) is 0 Å². The zero-order valence-electron chi connectivity index (χ0n) is 11.3. The average Bonchev–Trinajstić information content (AvgIpc) is 2.45. The predicted octanol–water partition coefficient (Wildman–Crippen LogP) is 3.21. The molecule has 0 amide bonds. The van der Waals surface area contributed by atoms with Crippen molar-refractivity contribution >= 4 is 21.6 Å². The molecule has 1 saturated carbocycles. The summed E-state index contributed by atoms with van der Waals surface area (Å²) in [6, 6.07) is 6.38. The molecule has 1 heterocycles. The molecule has 1 fully saturated rings. The molecule has 1 aliphatic heterocycles. The van der Waals surface area contributed by atoms with Crippen LogP contribution in [0.3, 0.4) is 0 Å². The number of aryl methyl sites for hydroxylation is 1. The number of nitrogens with one attached hydrogen (secondary N) is 2. The van der Waals surface area contributed by atoms with Gasteiger partial charge in [-0.15, -0.1) is 0 Å². The summed E-state index contributed by atoms with van der Waals surface area (Å²) in [5.74, 6) is 8.67. The van der Waals surface area contributed by atoms with E-state index in [1.165, 1.54) is 5.56 Å². The largest absolute Gasteiger partial charge is 0.464 e. The molecule has 1 aliphatic carbocycles. The van der Waals surface area contributed by atoms with Gasteiger partial charge in [-0.1, -0.05) is 22.0 Å². The van der Waals surface area contributed by atoms with E-state index in [0.717, 1.165) is 53.7 Å². The van der Waals surface area contributed by atoms with Gasteiger partial charge in [0.25, 0.3) is 0 Å². The maximum Gasteiger partial charge on any atom is 0.126 e. The van der Waals surface area contributed by atoms with E-state index in [1.54, 1.807) is 7.11 Å². The number of fused-ring (bicyclic) bond motifs is 1. The van der Waals surface area contributed by atoms with Gasteiger partial charge in [-0.25, -0.2) is 0 Å². The summed E-state index contributed by atoms with van der Waals surface area (Å²) in [6.45, 7) is 0. The van der Waals surface area contributed by atoms with Gasteiger partial charge in [0.1, 0.15) is 5.69 Å². The summed E-state index contributed by atoms with van der Waals surface area (Å²) in [5, 5.41) is 0.865. The fourth-order valence-electron chi connectivity index (χ4n) is 3.66. The van der Waals surface area contributed by atoms with Crippen LogP contribution in [0.1, 0.15) is 37.7 Å². The Labute approximate surface area is 123 Å². The van der Waals surface area contributed by atoms with E-state index in [2.05, 4.69) is 34.1 Å². The minimum Gasteiger partial charge on any atom is -0.464 e. The molecule has 1 aromatic carbocycles. The summed E-state index contributed by atoms with van der Waals surface area (Å²) in [4.78, 5) is 0. The van der Waals surface area contributed by atoms with Crippen LogP contribution in [0.5, 0.6) is 0 Å². The maximum atomic E-state index is 8.67. The van der Waals surface area contributed by atoms with E-state index >= 15 is 0 Å². The van der Waals surface area contributed by atoms with E-state index in [1.807, 2.05) is 0 Å². The van der Waals surface area contributed by atoms with Crippen molar-refractivity contribution in [2.24, 2.45) is 0 Å². The summed E-state index contributed by atoms with van der Waals surface area (Å²) < 4.78 is 6.55. The van der Waals surface area contributed by atoms with Crippen molar-refractivity contribution in [2.45, 2.75) is 50.2 Å². The molecule has 0 bridgehead atoms. The lowest BCUT2D eigenvalue weighted by atomic mass is 9.74. The third kappa shape index (κ3) is 2.35. The molecule has 3 rings (SSSR count). The lowest BCUT2D eigenvalue weighted by molar-refractivity contribution is -0.847. The first-order valence-corrected chi connectivity index (χ1v) is 7.84. The Hall–Kier alpha value is -0.420. The van der Waals surface area contributed by atoms with Crippen molar-refractivity contribution in [3.63, 3.8) is 0 Å². The Morgan fingerprint density at radius 2 is 2.05 bits per heavy atom. The Kier molecular flexibility index (Phi) is 3.69. The van der Waals surface area contributed by atoms with Crippen molar-refractivity contribution in [2.75, 3.05) is 7.11 Å². The summed E-state index contributed by atoms with van der Waals surface area (Å²) >= 11 is 3.53. The lowest BCUT2D eigenvalue weighted by Gasteiger charge is -2.50. The first-order chi connectivity index (χ1) is 9.14. The van der Waals surface area contributed by atoms with Gasteiger partial charge < -0.3 is 15.6 Å². The number of hydrogen-bond acceptors (Lipinski definition) is 1. The predicted molar refractivity (Wildman–Crippen MR) is 79.4 cm³/mol. The molecular formula is C15H21BrN2O. The van der Waals surface area contributed by atoms with Crippen LogP contribution in [0.2, 0.25) is 0 Å². The number of methoxy groups -OCH3 is 1. The van der Waals surface area contributed by atoms with Gasteiger partial charge in [0, 0.05) is 42.5 Å². The highest BCUT2D eigenvalue weighted by molar-refractivity contribution is 9.10. The second-order valence-electron chi connectivity index (χ2n) is 5.89. The zero-order valence-corrected chi connectivity index (χ0v) is 12.9. The molecule has 19 heavy (non-hydrogen) atoms. The average molecular weight is 325 g/mol. The summed E-state index contributed by atoms with van der Waals surface area (Å²) in [7, 11) is 1.81. The van der Waals surface area contributed by atoms with Gasteiger partial charge >= 0.3 is 0 Å². The van der Waals surface area contributed by atoms with Crippen molar-refractivity contribution < 1.29 is 9.75 Å². The van der Waals surface area contributed by atoms with E-state index < -0.39 is 0 Å². The number of benzene rings is 1.